The van der Waals surface area contributed by atoms with Crippen molar-refractivity contribution < 1.29 is 32.6 Å². The van der Waals surface area contributed by atoms with Crippen LogP contribution in [0.4, 0.5) is 18.0 Å². The minimum Gasteiger partial charge on any atom is -0.480 e. The predicted octanol–water partition coefficient (Wildman–Crippen LogP) is 2.62. The molecular weight excluding hydrogens is 317 g/mol. The molecule has 0 saturated heterocycles. The van der Waals surface area contributed by atoms with E-state index in [-0.39, 0.29) is 12.1 Å². The van der Waals surface area contributed by atoms with Gasteiger partial charge in [-0.2, -0.15) is 13.2 Å². The number of hydrogen-bond donors (Lipinski definition) is 2. The number of carbonyl (C=O) groups excluding carboxylic acids is 1. The second-order valence-electron chi connectivity index (χ2n) is 5.78. The van der Waals surface area contributed by atoms with E-state index in [1.165, 1.54) is 0 Å². The van der Waals surface area contributed by atoms with Gasteiger partial charge >= 0.3 is 18.2 Å². The highest BCUT2D eigenvalue weighted by Gasteiger charge is 2.31. The number of carboxylic acids is 1. The maximum Gasteiger partial charge on any atom is 0.417 e. The monoisotopic (exact) mass is 334 g/mol. The average molecular weight is 334 g/mol. The van der Waals surface area contributed by atoms with Crippen LogP contribution >= 0.6 is 0 Å². The molecule has 0 bridgehead atoms. The molecule has 23 heavy (non-hydrogen) atoms. The van der Waals surface area contributed by atoms with E-state index < -0.39 is 35.4 Å². The number of nitrogens with one attached hydrogen (secondary N) is 1. The van der Waals surface area contributed by atoms with E-state index in [4.69, 9.17) is 9.84 Å². The van der Waals surface area contributed by atoms with Crippen molar-refractivity contribution in [2.24, 2.45) is 0 Å². The Morgan fingerprint density at radius 2 is 1.91 bits per heavy atom. The van der Waals surface area contributed by atoms with Gasteiger partial charge < -0.3 is 15.2 Å². The van der Waals surface area contributed by atoms with Gasteiger partial charge in [0, 0.05) is 18.3 Å². The van der Waals surface area contributed by atoms with Crippen LogP contribution in [-0.2, 0) is 22.1 Å². The molecule has 0 saturated carbocycles. The van der Waals surface area contributed by atoms with Crippen LogP contribution in [0.5, 0.6) is 0 Å². The van der Waals surface area contributed by atoms with E-state index in [1.807, 2.05) is 0 Å². The van der Waals surface area contributed by atoms with Gasteiger partial charge in [-0.05, 0) is 32.9 Å². The molecule has 0 aliphatic rings. The van der Waals surface area contributed by atoms with Crippen LogP contribution in [0, 0.1) is 0 Å². The normalized spacial score (nSPS) is 13.3. The van der Waals surface area contributed by atoms with Crippen LogP contribution in [0.3, 0.4) is 0 Å². The first-order chi connectivity index (χ1) is 10.4. The number of nitrogens with zero attached hydrogens (tertiary/aromatic N) is 1. The highest BCUT2D eigenvalue weighted by molar-refractivity contribution is 5.80. The Bertz CT molecular complexity index is 565. The van der Waals surface area contributed by atoms with Gasteiger partial charge in [0.15, 0.2) is 0 Å². The summed E-state index contributed by atoms with van der Waals surface area (Å²) in [7, 11) is 0. The summed E-state index contributed by atoms with van der Waals surface area (Å²) in [6.07, 6.45) is -5.11. The Labute approximate surface area is 130 Å². The fourth-order valence-corrected chi connectivity index (χ4v) is 1.57. The molecule has 2 N–H and O–H groups in total. The molecule has 9 heteroatoms. The number of aromatic nitrogens is 1. The highest BCUT2D eigenvalue weighted by atomic mass is 19.4. The van der Waals surface area contributed by atoms with Gasteiger partial charge in [-0.3, -0.25) is 4.98 Å². The average Bonchev–Trinajstić information content (AvgIpc) is 2.35. The minimum atomic E-state index is -4.52. The van der Waals surface area contributed by atoms with Crippen LogP contribution in [0.15, 0.2) is 18.3 Å². The largest absolute Gasteiger partial charge is 0.480 e. The second kappa shape index (κ2) is 6.84. The number of rotatable bonds is 4. The smallest absolute Gasteiger partial charge is 0.417 e. The van der Waals surface area contributed by atoms with Crippen LogP contribution in [-0.4, -0.2) is 33.8 Å². The molecule has 0 unspecified atom stereocenters. The highest BCUT2D eigenvalue weighted by Crippen LogP contribution is 2.28. The topological polar surface area (TPSA) is 88.5 Å². The molecule has 0 aromatic carbocycles. The maximum atomic E-state index is 12.4. The third-order valence-corrected chi connectivity index (χ3v) is 2.55. The fraction of sp³-hybridized carbons (Fsp3) is 0.500. The summed E-state index contributed by atoms with van der Waals surface area (Å²) >= 11 is 0. The van der Waals surface area contributed by atoms with E-state index in [9.17, 15) is 22.8 Å². The second-order valence-corrected chi connectivity index (χ2v) is 5.78. The number of amides is 1. The fourth-order valence-electron chi connectivity index (χ4n) is 1.57. The Morgan fingerprint density at radius 3 is 2.30 bits per heavy atom. The molecule has 0 spiro atoms. The summed E-state index contributed by atoms with van der Waals surface area (Å²) in [4.78, 5) is 26.3. The quantitative estimate of drug-likeness (QED) is 0.884. The van der Waals surface area contributed by atoms with Crippen molar-refractivity contribution in [3.05, 3.63) is 29.6 Å². The predicted molar refractivity (Wildman–Crippen MR) is 73.7 cm³/mol. The van der Waals surface area contributed by atoms with Gasteiger partial charge in [-0.25, -0.2) is 9.59 Å². The number of halogens is 3. The number of pyridine rings is 1. The first-order valence-electron chi connectivity index (χ1n) is 6.63. The Morgan fingerprint density at radius 1 is 1.30 bits per heavy atom. The lowest BCUT2D eigenvalue weighted by Gasteiger charge is -2.21. The molecule has 0 aliphatic carbocycles. The number of alkyl halides is 3. The number of carbonyl (C=O) groups is 2. The first kappa shape index (κ1) is 18.7. The maximum absolute atomic E-state index is 12.4. The lowest BCUT2D eigenvalue weighted by atomic mass is 10.1. The standard InChI is InChI=1S/C14H17F3N2O4/c1-13(2,3)23-12(22)19-10(11(20)21)6-9-5-4-8(7-18-9)14(15,16)17/h4-5,7,10H,6H2,1-3H3,(H,19,22)(H,20,21)/t10-/m1/s1. The van der Waals surface area contributed by atoms with Gasteiger partial charge in [-0.15, -0.1) is 0 Å². The molecule has 0 fully saturated rings. The molecule has 0 radical (unpaired) electrons. The molecule has 0 aliphatic heterocycles. The number of alkyl carbamates (subject to hydrolysis) is 1. The van der Waals surface area contributed by atoms with E-state index in [0.717, 1.165) is 12.1 Å². The van der Waals surface area contributed by atoms with Crippen molar-refractivity contribution in [1.29, 1.82) is 0 Å². The van der Waals surface area contributed by atoms with Crippen molar-refractivity contribution in [3.8, 4) is 0 Å². The van der Waals surface area contributed by atoms with Gasteiger partial charge in [0.1, 0.15) is 11.6 Å². The van der Waals surface area contributed by atoms with E-state index in [2.05, 4.69) is 10.3 Å². The van der Waals surface area contributed by atoms with E-state index in [1.54, 1.807) is 20.8 Å². The van der Waals surface area contributed by atoms with Gasteiger partial charge in [0.05, 0.1) is 5.56 Å². The van der Waals surface area contributed by atoms with E-state index in [0.29, 0.717) is 6.20 Å². The Balaban J connectivity index is 2.77. The van der Waals surface area contributed by atoms with Crippen LogP contribution in [0.2, 0.25) is 0 Å². The summed E-state index contributed by atoms with van der Waals surface area (Å²) in [5.74, 6) is -1.35. The Hall–Kier alpha value is -2.32. The van der Waals surface area contributed by atoms with Crippen LogP contribution < -0.4 is 5.32 Å². The third-order valence-electron chi connectivity index (χ3n) is 2.55. The zero-order valence-corrected chi connectivity index (χ0v) is 12.8. The molecule has 6 nitrogen and oxygen atoms in total. The van der Waals surface area contributed by atoms with Gasteiger partial charge in [-0.1, -0.05) is 0 Å². The van der Waals surface area contributed by atoms with Crippen LogP contribution in [0.25, 0.3) is 0 Å². The summed E-state index contributed by atoms with van der Waals surface area (Å²) in [5.41, 5.74) is -1.64. The summed E-state index contributed by atoms with van der Waals surface area (Å²) < 4.78 is 42.2. The zero-order chi connectivity index (χ0) is 17.8. The third kappa shape index (κ3) is 6.54. The van der Waals surface area contributed by atoms with Crippen molar-refractivity contribution in [2.45, 2.75) is 45.0 Å². The molecule has 1 aromatic rings. The minimum absolute atomic E-state index is 0.0986. The lowest BCUT2D eigenvalue weighted by molar-refractivity contribution is -0.140. The number of ether oxygens (including phenoxy) is 1. The number of carboxylic acid groups (broad SMARTS) is 1. The number of aliphatic carboxylic acids is 1. The van der Waals surface area contributed by atoms with Crippen molar-refractivity contribution >= 4 is 12.1 Å². The van der Waals surface area contributed by atoms with Gasteiger partial charge in [0.2, 0.25) is 0 Å². The van der Waals surface area contributed by atoms with Crippen LogP contribution in [0.1, 0.15) is 32.0 Å². The van der Waals surface area contributed by atoms with Crippen molar-refractivity contribution in [2.75, 3.05) is 0 Å². The molecule has 1 amide bonds. The SMILES string of the molecule is CC(C)(C)OC(=O)N[C@H](Cc1ccc(C(F)(F)F)cn1)C(=O)O. The molecular formula is C14H17F3N2O4. The van der Waals surface area contributed by atoms with Crippen molar-refractivity contribution in [3.63, 3.8) is 0 Å². The summed E-state index contributed by atoms with van der Waals surface area (Å²) in [5, 5.41) is 11.2. The summed E-state index contributed by atoms with van der Waals surface area (Å²) in [6, 6.07) is 0.499. The van der Waals surface area contributed by atoms with E-state index >= 15 is 0 Å². The lowest BCUT2D eigenvalue weighted by Crippen LogP contribution is -2.44. The van der Waals surface area contributed by atoms with Gasteiger partial charge in [0.25, 0.3) is 0 Å². The molecule has 1 atom stereocenters. The molecule has 1 aromatic heterocycles. The summed E-state index contributed by atoms with van der Waals surface area (Å²) in [6.45, 7) is 4.83. The van der Waals surface area contributed by atoms with Crippen molar-refractivity contribution in [1.82, 2.24) is 10.3 Å². The first-order valence-corrected chi connectivity index (χ1v) is 6.63. The molecule has 1 heterocycles. The molecule has 1 rings (SSSR count). The zero-order valence-electron chi connectivity index (χ0n) is 12.8. The molecule has 128 valence electrons. The number of hydrogen-bond acceptors (Lipinski definition) is 4. The Kier molecular flexibility index (Phi) is 5.57.